The van der Waals surface area contributed by atoms with E-state index in [9.17, 15) is 4.39 Å². The molecule has 0 spiro atoms. The van der Waals surface area contributed by atoms with E-state index in [1.165, 1.54) is 12.1 Å². The lowest BCUT2D eigenvalue weighted by atomic mass is 10.2. The van der Waals surface area contributed by atoms with Gasteiger partial charge in [-0.3, -0.25) is 0 Å². The van der Waals surface area contributed by atoms with Crippen LogP contribution >= 0.6 is 28.3 Å². The standard InChI is InChI=1S/C18H19BrFNO2.ClH/c1-3-8-23-18-16(19)9-14(10-17(18)22-2)12-21-11-13-4-6-15(20)7-5-13;/h3-7,9-10,21H,1,8,11-12H2,2H3;1H. The molecule has 0 atom stereocenters. The van der Waals surface area contributed by atoms with E-state index in [1.807, 2.05) is 12.1 Å². The second kappa shape index (κ2) is 10.3. The minimum atomic E-state index is -0.225. The Morgan fingerprint density at radius 2 is 1.83 bits per heavy atom. The van der Waals surface area contributed by atoms with Crippen molar-refractivity contribution >= 4 is 28.3 Å². The molecule has 0 aliphatic heterocycles. The Labute approximate surface area is 156 Å². The van der Waals surface area contributed by atoms with Crippen molar-refractivity contribution in [1.82, 2.24) is 5.32 Å². The first-order valence-electron chi connectivity index (χ1n) is 7.19. The maximum atomic E-state index is 12.9. The van der Waals surface area contributed by atoms with Crippen molar-refractivity contribution in [3.05, 3.63) is 70.5 Å². The van der Waals surface area contributed by atoms with Crippen molar-refractivity contribution in [2.75, 3.05) is 13.7 Å². The second-order valence-electron chi connectivity index (χ2n) is 4.94. The number of halogens is 3. The molecule has 0 aromatic heterocycles. The fraction of sp³-hybridized carbons (Fsp3) is 0.222. The molecule has 0 bridgehead atoms. The van der Waals surface area contributed by atoms with Crippen LogP contribution in [0.2, 0.25) is 0 Å². The molecule has 0 saturated heterocycles. The molecular weight excluding hydrogens is 397 g/mol. The highest BCUT2D eigenvalue weighted by atomic mass is 79.9. The molecular formula is C18H20BrClFNO2. The molecule has 2 aromatic carbocycles. The molecule has 0 amide bonds. The van der Waals surface area contributed by atoms with Crippen molar-refractivity contribution in [3.8, 4) is 11.5 Å². The Morgan fingerprint density at radius 3 is 2.46 bits per heavy atom. The van der Waals surface area contributed by atoms with Crippen LogP contribution in [0.25, 0.3) is 0 Å². The lowest BCUT2D eigenvalue weighted by Gasteiger charge is -2.14. The van der Waals surface area contributed by atoms with E-state index >= 15 is 0 Å². The Bertz CT molecular complexity index is 665. The summed E-state index contributed by atoms with van der Waals surface area (Å²) in [6.07, 6.45) is 1.68. The van der Waals surface area contributed by atoms with Crippen LogP contribution in [0.1, 0.15) is 11.1 Å². The predicted molar refractivity (Wildman–Crippen MR) is 101 cm³/mol. The second-order valence-corrected chi connectivity index (χ2v) is 5.79. The van der Waals surface area contributed by atoms with Gasteiger partial charge in [-0.15, -0.1) is 12.4 Å². The third-order valence-electron chi connectivity index (χ3n) is 3.21. The number of nitrogens with one attached hydrogen (secondary N) is 1. The lowest BCUT2D eigenvalue weighted by molar-refractivity contribution is 0.324. The number of hydrogen-bond acceptors (Lipinski definition) is 3. The van der Waals surface area contributed by atoms with Crippen LogP contribution in [0.5, 0.6) is 11.5 Å². The normalized spacial score (nSPS) is 9.96. The molecule has 1 N–H and O–H groups in total. The van der Waals surface area contributed by atoms with Crippen molar-refractivity contribution in [3.63, 3.8) is 0 Å². The number of methoxy groups -OCH3 is 1. The summed E-state index contributed by atoms with van der Waals surface area (Å²) in [5, 5.41) is 3.32. The molecule has 0 radical (unpaired) electrons. The molecule has 2 aromatic rings. The third kappa shape index (κ3) is 5.82. The van der Waals surface area contributed by atoms with Gasteiger partial charge in [-0.25, -0.2) is 4.39 Å². The number of hydrogen-bond donors (Lipinski definition) is 1. The van der Waals surface area contributed by atoms with Gasteiger partial charge >= 0.3 is 0 Å². The predicted octanol–water partition coefficient (Wildman–Crippen LogP) is 4.87. The summed E-state index contributed by atoms with van der Waals surface area (Å²) < 4.78 is 24.7. The molecule has 130 valence electrons. The third-order valence-corrected chi connectivity index (χ3v) is 3.80. The van der Waals surface area contributed by atoms with E-state index in [4.69, 9.17) is 9.47 Å². The van der Waals surface area contributed by atoms with Gasteiger partial charge in [0.1, 0.15) is 12.4 Å². The van der Waals surface area contributed by atoms with Gasteiger partial charge < -0.3 is 14.8 Å². The van der Waals surface area contributed by atoms with Crippen molar-refractivity contribution in [1.29, 1.82) is 0 Å². The molecule has 6 heteroatoms. The fourth-order valence-corrected chi connectivity index (χ4v) is 2.71. The van der Waals surface area contributed by atoms with Gasteiger partial charge in [0.2, 0.25) is 0 Å². The molecule has 24 heavy (non-hydrogen) atoms. The first-order valence-corrected chi connectivity index (χ1v) is 7.98. The van der Waals surface area contributed by atoms with Gasteiger partial charge in [0.15, 0.2) is 11.5 Å². The molecule has 0 aliphatic carbocycles. The van der Waals surface area contributed by atoms with Gasteiger partial charge in [-0.1, -0.05) is 24.8 Å². The van der Waals surface area contributed by atoms with Crippen molar-refractivity contribution in [2.24, 2.45) is 0 Å². The lowest BCUT2D eigenvalue weighted by Crippen LogP contribution is -2.13. The van der Waals surface area contributed by atoms with Crippen molar-refractivity contribution < 1.29 is 13.9 Å². The van der Waals surface area contributed by atoms with Gasteiger partial charge in [0, 0.05) is 13.1 Å². The maximum Gasteiger partial charge on any atom is 0.175 e. The molecule has 0 saturated carbocycles. The van der Waals surface area contributed by atoms with Crippen LogP contribution in [-0.4, -0.2) is 13.7 Å². The first-order chi connectivity index (χ1) is 11.1. The summed E-state index contributed by atoms with van der Waals surface area (Å²) in [6.45, 7) is 5.37. The highest BCUT2D eigenvalue weighted by Crippen LogP contribution is 2.36. The zero-order valence-corrected chi connectivity index (χ0v) is 15.8. The average molecular weight is 417 g/mol. The minimum Gasteiger partial charge on any atom is -0.493 e. The Morgan fingerprint density at radius 1 is 1.17 bits per heavy atom. The van der Waals surface area contributed by atoms with E-state index < -0.39 is 0 Å². The van der Waals surface area contributed by atoms with Crippen LogP contribution in [0.15, 0.2) is 53.5 Å². The maximum absolute atomic E-state index is 12.9. The zero-order chi connectivity index (χ0) is 16.7. The number of ether oxygens (including phenoxy) is 2. The Hall–Kier alpha value is -1.56. The van der Waals surface area contributed by atoms with Crippen LogP contribution in [0, 0.1) is 5.82 Å². The quantitative estimate of drug-likeness (QED) is 0.623. The smallest absolute Gasteiger partial charge is 0.175 e. The van der Waals surface area contributed by atoms with Crippen LogP contribution in [-0.2, 0) is 13.1 Å². The number of rotatable bonds is 8. The molecule has 0 fully saturated rings. The minimum absolute atomic E-state index is 0. The summed E-state index contributed by atoms with van der Waals surface area (Å²) in [4.78, 5) is 0. The largest absolute Gasteiger partial charge is 0.493 e. The summed E-state index contributed by atoms with van der Waals surface area (Å²) in [5.41, 5.74) is 2.09. The van der Waals surface area contributed by atoms with E-state index in [1.54, 1.807) is 25.3 Å². The summed E-state index contributed by atoms with van der Waals surface area (Å²) in [6, 6.07) is 10.4. The van der Waals surface area contributed by atoms with Gasteiger partial charge in [-0.05, 0) is 51.3 Å². The summed E-state index contributed by atoms with van der Waals surface area (Å²) >= 11 is 3.51. The first kappa shape index (κ1) is 20.5. The van der Waals surface area contributed by atoms with Crippen molar-refractivity contribution in [2.45, 2.75) is 13.1 Å². The van der Waals surface area contributed by atoms with E-state index in [2.05, 4.69) is 27.8 Å². The van der Waals surface area contributed by atoms with Gasteiger partial charge in [0.05, 0.1) is 11.6 Å². The van der Waals surface area contributed by atoms with E-state index in [0.717, 1.165) is 15.6 Å². The number of benzene rings is 2. The van der Waals surface area contributed by atoms with Gasteiger partial charge in [0.25, 0.3) is 0 Å². The van der Waals surface area contributed by atoms with Gasteiger partial charge in [-0.2, -0.15) is 0 Å². The summed E-state index contributed by atoms with van der Waals surface area (Å²) in [7, 11) is 1.61. The highest BCUT2D eigenvalue weighted by molar-refractivity contribution is 9.10. The van der Waals surface area contributed by atoms with E-state index in [0.29, 0.717) is 31.2 Å². The molecule has 2 rings (SSSR count). The monoisotopic (exact) mass is 415 g/mol. The Balaban J connectivity index is 0.00000288. The topological polar surface area (TPSA) is 30.5 Å². The summed E-state index contributed by atoms with van der Waals surface area (Å²) in [5.74, 6) is 1.10. The van der Waals surface area contributed by atoms with Crippen LogP contribution in [0.3, 0.4) is 0 Å². The average Bonchev–Trinajstić information content (AvgIpc) is 2.55. The molecule has 0 heterocycles. The molecule has 0 aliphatic rings. The SMILES string of the molecule is C=CCOc1c(Br)cc(CNCc2ccc(F)cc2)cc1OC.Cl. The van der Waals surface area contributed by atoms with Crippen LogP contribution < -0.4 is 14.8 Å². The Kier molecular flexibility index (Phi) is 8.82. The van der Waals surface area contributed by atoms with Crippen LogP contribution in [0.4, 0.5) is 4.39 Å². The molecule has 0 unspecified atom stereocenters. The zero-order valence-electron chi connectivity index (χ0n) is 13.4. The molecule has 3 nitrogen and oxygen atoms in total. The highest BCUT2D eigenvalue weighted by Gasteiger charge is 2.11. The fourth-order valence-electron chi connectivity index (χ4n) is 2.11. The van der Waals surface area contributed by atoms with E-state index in [-0.39, 0.29) is 18.2 Å².